The van der Waals surface area contributed by atoms with Gasteiger partial charge in [0.25, 0.3) is 5.91 Å². The van der Waals surface area contributed by atoms with Crippen molar-refractivity contribution in [2.75, 3.05) is 11.9 Å². The molecule has 0 fully saturated rings. The molecule has 2 rings (SSSR count). The van der Waals surface area contributed by atoms with Gasteiger partial charge in [-0.2, -0.15) is 13.2 Å². The Bertz CT molecular complexity index is 805. The topological polar surface area (TPSA) is 55.4 Å². The monoisotopic (exact) mass is 405 g/mol. The van der Waals surface area contributed by atoms with Crippen LogP contribution >= 0.6 is 23.2 Å². The van der Waals surface area contributed by atoms with E-state index in [0.717, 1.165) is 12.1 Å². The molecule has 4 nitrogen and oxygen atoms in total. The van der Waals surface area contributed by atoms with Gasteiger partial charge in [-0.1, -0.05) is 41.4 Å². The van der Waals surface area contributed by atoms with Gasteiger partial charge >= 0.3 is 12.1 Å². The molecule has 26 heavy (non-hydrogen) atoms. The van der Waals surface area contributed by atoms with Crippen molar-refractivity contribution in [2.24, 2.45) is 0 Å². The van der Waals surface area contributed by atoms with Crippen LogP contribution in [0.5, 0.6) is 0 Å². The Hall–Kier alpha value is -2.25. The zero-order valence-electron chi connectivity index (χ0n) is 13.1. The number of carbonyl (C=O) groups excluding carboxylic acids is 2. The summed E-state index contributed by atoms with van der Waals surface area (Å²) in [6.07, 6.45) is -4.89. The first-order chi connectivity index (χ1) is 12.1. The first-order valence-electron chi connectivity index (χ1n) is 7.21. The molecule has 0 aliphatic rings. The summed E-state index contributed by atoms with van der Waals surface area (Å²) in [5.74, 6) is -1.47. The maximum atomic E-state index is 12.6. The Labute approximate surface area is 156 Å². The van der Waals surface area contributed by atoms with E-state index in [9.17, 15) is 22.8 Å². The second kappa shape index (κ2) is 8.42. The Kier molecular flexibility index (Phi) is 6.50. The van der Waals surface area contributed by atoms with Crippen molar-refractivity contribution in [3.63, 3.8) is 0 Å². The number of rotatable bonds is 5. The van der Waals surface area contributed by atoms with Gasteiger partial charge in [0.05, 0.1) is 12.0 Å². The number of esters is 1. The van der Waals surface area contributed by atoms with Crippen LogP contribution in [0, 0.1) is 0 Å². The van der Waals surface area contributed by atoms with E-state index in [1.54, 1.807) is 0 Å². The summed E-state index contributed by atoms with van der Waals surface area (Å²) in [6.45, 7) is -0.595. The van der Waals surface area contributed by atoms with Crippen molar-refractivity contribution in [2.45, 2.75) is 12.6 Å². The molecular formula is C17H12Cl2F3NO3. The van der Waals surface area contributed by atoms with E-state index >= 15 is 0 Å². The maximum Gasteiger partial charge on any atom is 0.416 e. The lowest BCUT2D eigenvalue weighted by Crippen LogP contribution is -2.21. The average molecular weight is 406 g/mol. The summed E-state index contributed by atoms with van der Waals surface area (Å²) >= 11 is 11.6. The second-order valence-electron chi connectivity index (χ2n) is 5.24. The van der Waals surface area contributed by atoms with E-state index in [1.165, 1.54) is 30.3 Å². The van der Waals surface area contributed by atoms with E-state index in [1.807, 2.05) is 0 Å². The Balaban J connectivity index is 1.87. The molecule has 0 bridgehead atoms. The molecule has 1 amide bonds. The van der Waals surface area contributed by atoms with E-state index < -0.39 is 30.2 Å². The molecule has 0 aromatic heterocycles. The molecular weight excluding hydrogens is 394 g/mol. The third-order valence-electron chi connectivity index (χ3n) is 3.11. The fraction of sp³-hybridized carbons (Fsp3) is 0.176. The van der Waals surface area contributed by atoms with Crippen LogP contribution in [-0.2, 0) is 26.9 Å². The van der Waals surface area contributed by atoms with Gasteiger partial charge in [-0.25, -0.2) is 0 Å². The minimum atomic E-state index is -4.50. The normalized spacial score (nSPS) is 11.1. The molecule has 0 heterocycles. The Morgan fingerprint density at radius 1 is 1.04 bits per heavy atom. The molecule has 1 N–H and O–H groups in total. The lowest BCUT2D eigenvalue weighted by Gasteiger charge is -2.09. The average Bonchev–Trinajstić information content (AvgIpc) is 2.51. The molecule has 2 aromatic rings. The van der Waals surface area contributed by atoms with Crippen molar-refractivity contribution in [3.05, 3.63) is 63.6 Å². The van der Waals surface area contributed by atoms with Gasteiger partial charge in [0, 0.05) is 15.7 Å². The molecule has 2 aromatic carbocycles. The highest BCUT2D eigenvalue weighted by atomic mass is 35.5. The molecule has 0 spiro atoms. The number of benzene rings is 2. The summed E-state index contributed by atoms with van der Waals surface area (Å²) < 4.78 is 42.7. The SMILES string of the molecule is O=C(COC(=O)Cc1cccc(C(F)(F)F)c1)Nc1cc(Cl)cc(Cl)c1. The molecule has 0 radical (unpaired) electrons. The van der Waals surface area contributed by atoms with Gasteiger partial charge in [-0.15, -0.1) is 0 Å². The molecule has 0 aliphatic carbocycles. The largest absolute Gasteiger partial charge is 0.455 e. The molecule has 0 unspecified atom stereocenters. The summed E-state index contributed by atoms with van der Waals surface area (Å²) in [7, 11) is 0. The number of nitrogens with one attached hydrogen (secondary N) is 1. The van der Waals surface area contributed by atoms with Gasteiger partial charge in [-0.3, -0.25) is 9.59 Å². The zero-order chi connectivity index (χ0) is 19.3. The van der Waals surface area contributed by atoms with E-state index in [0.29, 0.717) is 15.7 Å². The van der Waals surface area contributed by atoms with Gasteiger partial charge in [0.15, 0.2) is 6.61 Å². The Morgan fingerprint density at radius 3 is 2.31 bits per heavy atom. The van der Waals surface area contributed by atoms with Crippen molar-refractivity contribution < 1.29 is 27.5 Å². The van der Waals surface area contributed by atoms with Crippen LogP contribution in [-0.4, -0.2) is 18.5 Å². The Morgan fingerprint density at radius 2 is 1.69 bits per heavy atom. The van der Waals surface area contributed by atoms with Crippen LogP contribution in [0.25, 0.3) is 0 Å². The minimum absolute atomic E-state index is 0.131. The standard InChI is InChI=1S/C17H12Cl2F3NO3/c18-12-6-13(19)8-14(7-12)23-15(24)9-26-16(25)5-10-2-1-3-11(4-10)17(20,21)22/h1-4,6-8H,5,9H2,(H,23,24). The van der Waals surface area contributed by atoms with Crippen LogP contribution < -0.4 is 5.32 Å². The first kappa shape index (κ1) is 20.1. The van der Waals surface area contributed by atoms with E-state index in [-0.39, 0.29) is 12.0 Å². The fourth-order valence-corrected chi connectivity index (χ4v) is 2.57. The number of halogens is 5. The predicted octanol–water partition coefficient (Wildman–Crippen LogP) is 4.74. The third-order valence-corrected chi connectivity index (χ3v) is 3.55. The fourth-order valence-electron chi connectivity index (χ4n) is 2.04. The van der Waals surface area contributed by atoms with E-state index in [4.69, 9.17) is 27.9 Å². The molecule has 0 aliphatic heterocycles. The second-order valence-corrected chi connectivity index (χ2v) is 6.11. The summed E-state index contributed by atoms with van der Waals surface area (Å²) in [4.78, 5) is 23.5. The number of ether oxygens (including phenoxy) is 1. The highest BCUT2D eigenvalue weighted by molar-refractivity contribution is 6.35. The van der Waals surface area contributed by atoms with Crippen LogP contribution in [0.15, 0.2) is 42.5 Å². The molecule has 0 atom stereocenters. The number of amides is 1. The van der Waals surface area contributed by atoms with E-state index in [2.05, 4.69) is 5.32 Å². The first-order valence-corrected chi connectivity index (χ1v) is 7.97. The number of hydrogen-bond acceptors (Lipinski definition) is 3. The highest BCUT2D eigenvalue weighted by Gasteiger charge is 2.30. The van der Waals surface area contributed by atoms with Gasteiger partial charge < -0.3 is 10.1 Å². The maximum absolute atomic E-state index is 12.6. The number of hydrogen-bond donors (Lipinski definition) is 1. The lowest BCUT2D eigenvalue weighted by molar-refractivity contribution is -0.146. The smallest absolute Gasteiger partial charge is 0.416 e. The van der Waals surface area contributed by atoms with Gasteiger partial charge in [0.1, 0.15) is 0 Å². The highest BCUT2D eigenvalue weighted by Crippen LogP contribution is 2.29. The molecule has 138 valence electrons. The zero-order valence-corrected chi connectivity index (χ0v) is 14.6. The third kappa shape index (κ3) is 6.24. The van der Waals surface area contributed by atoms with Crippen molar-refractivity contribution in [1.82, 2.24) is 0 Å². The van der Waals surface area contributed by atoms with Crippen molar-refractivity contribution >= 4 is 40.8 Å². The lowest BCUT2D eigenvalue weighted by atomic mass is 10.1. The van der Waals surface area contributed by atoms with Crippen LogP contribution in [0.4, 0.5) is 18.9 Å². The summed E-state index contributed by atoms with van der Waals surface area (Å²) in [5, 5.41) is 3.07. The van der Waals surface area contributed by atoms with Crippen LogP contribution in [0.3, 0.4) is 0 Å². The van der Waals surface area contributed by atoms with Gasteiger partial charge in [0.2, 0.25) is 0 Å². The quantitative estimate of drug-likeness (QED) is 0.731. The summed E-state index contributed by atoms with van der Waals surface area (Å²) in [5.41, 5.74) is -0.410. The number of carbonyl (C=O) groups is 2. The van der Waals surface area contributed by atoms with Crippen LogP contribution in [0.2, 0.25) is 10.0 Å². The summed E-state index contributed by atoms with van der Waals surface area (Å²) in [6, 6.07) is 8.71. The van der Waals surface area contributed by atoms with Crippen LogP contribution in [0.1, 0.15) is 11.1 Å². The minimum Gasteiger partial charge on any atom is -0.455 e. The molecule has 0 saturated heterocycles. The number of anilines is 1. The van der Waals surface area contributed by atoms with Crippen molar-refractivity contribution in [1.29, 1.82) is 0 Å². The predicted molar refractivity (Wildman–Crippen MR) is 91.2 cm³/mol. The number of alkyl halides is 3. The molecule has 0 saturated carbocycles. The molecule has 9 heteroatoms. The van der Waals surface area contributed by atoms with Crippen molar-refractivity contribution in [3.8, 4) is 0 Å². The van der Waals surface area contributed by atoms with Gasteiger partial charge in [-0.05, 0) is 29.8 Å².